The first-order chi connectivity index (χ1) is 10.3. The van der Waals surface area contributed by atoms with Crippen LogP contribution in [0.5, 0.6) is 17.2 Å². The third-order valence-electron chi connectivity index (χ3n) is 3.19. The van der Waals surface area contributed by atoms with Gasteiger partial charge >= 0.3 is 0 Å². The molecule has 1 heterocycles. The Kier molecular flexibility index (Phi) is 4.06. The predicted octanol–water partition coefficient (Wildman–Crippen LogP) is 4.08. The maximum atomic E-state index is 6.05. The predicted molar refractivity (Wildman–Crippen MR) is 82.5 cm³/mol. The van der Waals surface area contributed by atoms with E-state index in [2.05, 4.69) is 5.32 Å². The molecular formula is C16H16ClNO3. The van der Waals surface area contributed by atoms with Crippen LogP contribution in [0, 0.1) is 0 Å². The molecule has 4 nitrogen and oxygen atoms in total. The van der Waals surface area contributed by atoms with Gasteiger partial charge in [-0.05, 0) is 31.2 Å². The highest BCUT2D eigenvalue weighted by molar-refractivity contribution is 6.30. The molecule has 0 unspecified atom stereocenters. The van der Waals surface area contributed by atoms with E-state index < -0.39 is 0 Å². The molecule has 0 saturated heterocycles. The van der Waals surface area contributed by atoms with Crippen molar-refractivity contribution in [2.45, 2.75) is 13.5 Å². The topological polar surface area (TPSA) is 39.7 Å². The standard InChI is InChI=1S/C16H16ClNO3/c1-2-19-14-7-6-12(17)8-13(14)18-9-11-4-3-5-15-16(11)21-10-20-15/h3-8,18H,2,9-10H2,1H3. The summed E-state index contributed by atoms with van der Waals surface area (Å²) in [5.74, 6) is 2.36. The Morgan fingerprint density at radius 2 is 2.14 bits per heavy atom. The lowest BCUT2D eigenvalue weighted by molar-refractivity contribution is 0.173. The van der Waals surface area contributed by atoms with E-state index >= 15 is 0 Å². The maximum Gasteiger partial charge on any atom is 0.231 e. The number of benzene rings is 2. The second-order valence-electron chi connectivity index (χ2n) is 4.58. The van der Waals surface area contributed by atoms with Crippen LogP contribution in [0.3, 0.4) is 0 Å². The second-order valence-corrected chi connectivity index (χ2v) is 5.01. The normalized spacial score (nSPS) is 12.3. The molecule has 1 aliphatic rings. The highest BCUT2D eigenvalue weighted by atomic mass is 35.5. The number of rotatable bonds is 5. The number of hydrogen-bond acceptors (Lipinski definition) is 4. The Labute approximate surface area is 128 Å². The van der Waals surface area contributed by atoms with Gasteiger partial charge in [-0.1, -0.05) is 23.7 Å². The van der Waals surface area contributed by atoms with Gasteiger partial charge in [0.05, 0.1) is 12.3 Å². The van der Waals surface area contributed by atoms with Crippen LogP contribution in [0.4, 0.5) is 5.69 Å². The summed E-state index contributed by atoms with van der Waals surface area (Å²) in [6.07, 6.45) is 0. The molecule has 21 heavy (non-hydrogen) atoms. The van der Waals surface area contributed by atoms with Gasteiger partial charge in [0.15, 0.2) is 11.5 Å². The van der Waals surface area contributed by atoms with Crippen molar-refractivity contribution >= 4 is 17.3 Å². The number of fused-ring (bicyclic) bond motifs is 1. The van der Waals surface area contributed by atoms with E-state index in [1.54, 1.807) is 0 Å². The molecule has 5 heteroatoms. The molecule has 0 radical (unpaired) electrons. The van der Waals surface area contributed by atoms with E-state index in [0.717, 1.165) is 28.5 Å². The maximum absolute atomic E-state index is 6.05. The molecule has 1 aliphatic heterocycles. The fraction of sp³-hybridized carbons (Fsp3) is 0.250. The number of anilines is 1. The smallest absolute Gasteiger partial charge is 0.231 e. The first-order valence-corrected chi connectivity index (χ1v) is 7.19. The number of nitrogens with one attached hydrogen (secondary N) is 1. The van der Waals surface area contributed by atoms with Crippen molar-refractivity contribution in [2.24, 2.45) is 0 Å². The van der Waals surface area contributed by atoms with Crippen LogP contribution in [0.15, 0.2) is 36.4 Å². The fourth-order valence-corrected chi connectivity index (χ4v) is 2.41. The lowest BCUT2D eigenvalue weighted by Crippen LogP contribution is -2.04. The summed E-state index contributed by atoms with van der Waals surface area (Å²) in [6.45, 7) is 3.43. The van der Waals surface area contributed by atoms with Crippen LogP contribution in [-0.4, -0.2) is 13.4 Å². The van der Waals surface area contributed by atoms with Crippen molar-refractivity contribution in [3.8, 4) is 17.2 Å². The molecule has 0 bridgehead atoms. The molecule has 2 aromatic carbocycles. The SMILES string of the molecule is CCOc1ccc(Cl)cc1NCc1cccc2c1OCO2. The van der Waals surface area contributed by atoms with Crippen molar-refractivity contribution in [3.05, 3.63) is 47.0 Å². The second kappa shape index (κ2) is 6.14. The van der Waals surface area contributed by atoms with Gasteiger partial charge < -0.3 is 19.5 Å². The van der Waals surface area contributed by atoms with Crippen LogP contribution in [0.2, 0.25) is 5.02 Å². The van der Waals surface area contributed by atoms with Crippen molar-refractivity contribution < 1.29 is 14.2 Å². The van der Waals surface area contributed by atoms with Gasteiger partial charge in [-0.2, -0.15) is 0 Å². The molecule has 1 N–H and O–H groups in total. The Balaban J connectivity index is 1.79. The van der Waals surface area contributed by atoms with E-state index in [-0.39, 0.29) is 6.79 Å². The third kappa shape index (κ3) is 3.00. The summed E-state index contributed by atoms with van der Waals surface area (Å²) in [6, 6.07) is 11.4. The van der Waals surface area contributed by atoms with E-state index in [1.807, 2.05) is 43.3 Å². The van der Waals surface area contributed by atoms with E-state index in [4.69, 9.17) is 25.8 Å². The highest BCUT2D eigenvalue weighted by Crippen LogP contribution is 2.36. The molecule has 0 amide bonds. The minimum absolute atomic E-state index is 0.272. The molecular weight excluding hydrogens is 290 g/mol. The van der Waals surface area contributed by atoms with E-state index in [1.165, 1.54) is 0 Å². The Hall–Kier alpha value is -2.07. The molecule has 0 spiro atoms. The minimum atomic E-state index is 0.272. The average Bonchev–Trinajstić information content (AvgIpc) is 2.96. The van der Waals surface area contributed by atoms with E-state index in [0.29, 0.717) is 18.2 Å². The lowest BCUT2D eigenvalue weighted by atomic mass is 10.2. The van der Waals surface area contributed by atoms with Crippen LogP contribution in [0.25, 0.3) is 0 Å². The van der Waals surface area contributed by atoms with E-state index in [9.17, 15) is 0 Å². The number of hydrogen-bond donors (Lipinski definition) is 1. The number of para-hydroxylation sites is 1. The highest BCUT2D eigenvalue weighted by Gasteiger charge is 2.17. The van der Waals surface area contributed by atoms with Crippen molar-refractivity contribution in [1.29, 1.82) is 0 Å². The summed E-state index contributed by atoms with van der Waals surface area (Å²) >= 11 is 6.05. The minimum Gasteiger partial charge on any atom is -0.492 e. The van der Waals surface area contributed by atoms with Crippen molar-refractivity contribution in [1.82, 2.24) is 0 Å². The average molecular weight is 306 g/mol. The summed E-state index contributed by atoms with van der Waals surface area (Å²) in [5.41, 5.74) is 1.90. The first kappa shape index (κ1) is 13.9. The van der Waals surface area contributed by atoms with Gasteiger partial charge in [-0.15, -0.1) is 0 Å². The molecule has 0 aliphatic carbocycles. The lowest BCUT2D eigenvalue weighted by Gasteiger charge is -2.13. The molecule has 110 valence electrons. The number of ether oxygens (including phenoxy) is 3. The summed E-state index contributed by atoms with van der Waals surface area (Å²) in [4.78, 5) is 0. The summed E-state index contributed by atoms with van der Waals surface area (Å²) < 4.78 is 16.5. The van der Waals surface area contributed by atoms with Gasteiger partial charge in [-0.25, -0.2) is 0 Å². The zero-order chi connectivity index (χ0) is 14.7. The van der Waals surface area contributed by atoms with Crippen molar-refractivity contribution in [3.63, 3.8) is 0 Å². The monoisotopic (exact) mass is 305 g/mol. The first-order valence-electron chi connectivity index (χ1n) is 6.81. The van der Waals surface area contributed by atoms with Crippen LogP contribution in [0.1, 0.15) is 12.5 Å². The van der Waals surface area contributed by atoms with Crippen molar-refractivity contribution in [2.75, 3.05) is 18.7 Å². The largest absolute Gasteiger partial charge is 0.492 e. The zero-order valence-electron chi connectivity index (χ0n) is 11.7. The Morgan fingerprint density at radius 3 is 3.00 bits per heavy atom. The molecule has 2 aromatic rings. The number of halogens is 1. The molecule has 0 saturated carbocycles. The van der Waals surface area contributed by atoms with Crippen LogP contribution >= 0.6 is 11.6 Å². The Bertz CT molecular complexity index is 645. The Morgan fingerprint density at radius 1 is 1.24 bits per heavy atom. The summed E-state index contributed by atoms with van der Waals surface area (Å²) in [5, 5.41) is 4.01. The van der Waals surface area contributed by atoms with Gasteiger partial charge in [0.2, 0.25) is 6.79 Å². The fourth-order valence-electron chi connectivity index (χ4n) is 2.24. The summed E-state index contributed by atoms with van der Waals surface area (Å²) in [7, 11) is 0. The van der Waals surface area contributed by atoms with Gasteiger partial charge in [0.1, 0.15) is 5.75 Å². The quantitative estimate of drug-likeness (QED) is 0.903. The van der Waals surface area contributed by atoms with Gasteiger partial charge in [0, 0.05) is 17.1 Å². The molecule has 3 rings (SSSR count). The molecule has 0 atom stereocenters. The zero-order valence-corrected chi connectivity index (χ0v) is 12.4. The van der Waals surface area contributed by atoms with Crippen LogP contribution in [-0.2, 0) is 6.54 Å². The molecule has 0 aromatic heterocycles. The third-order valence-corrected chi connectivity index (χ3v) is 3.42. The van der Waals surface area contributed by atoms with Gasteiger partial charge in [-0.3, -0.25) is 0 Å². The van der Waals surface area contributed by atoms with Gasteiger partial charge in [0.25, 0.3) is 0 Å². The molecule has 0 fully saturated rings. The van der Waals surface area contributed by atoms with Crippen LogP contribution < -0.4 is 19.5 Å².